The molecule has 0 saturated carbocycles. The number of nitrogens with zero attached hydrogens (tertiary/aromatic N) is 1. The van der Waals surface area contributed by atoms with Gasteiger partial charge in [0, 0.05) is 0 Å². The quantitative estimate of drug-likeness (QED) is 0.743. The van der Waals surface area contributed by atoms with Crippen LogP contribution < -0.4 is 4.90 Å². The Labute approximate surface area is 107 Å². The molecule has 1 aliphatic heterocycles. The molecule has 0 N–H and O–H groups in total. The molecule has 1 aromatic carbocycles. The summed E-state index contributed by atoms with van der Waals surface area (Å²) in [6.45, 7) is 5.70. The average Bonchev–Trinajstić information content (AvgIpc) is 2.39. The van der Waals surface area contributed by atoms with E-state index in [-0.39, 0.29) is 12.1 Å². The molecule has 2 rings (SSSR count). The third-order valence-corrected chi connectivity index (χ3v) is 2.72. The number of carbonyl (C=O) groups excluding carboxylic acids is 1. The Hall–Kier alpha value is -2.25. The highest BCUT2D eigenvalue weighted by Crippen LogP contribution is 2.29. The number of amides is 1. The fourth-order valence-corrected chi connectivity index (χ4v) is 1.96. The summed E-state index contributed by atoms with van der Waals surface area (Å²) in [4.78, 5) is 13.7. The van der Waals surface area contributed by atoms with Crippen molar-refractivity contribution >= 4 is 17.9 Å². The highest BCUT2D eigenvalue weighted by molar-refractivity contribution is 5.94. The lowest BCUT2D eigenvalue weighted by atomic mass is 10.0. The van der Waals surface area contributed by atoms with Crippen LogP contribution in [0.4, 0.5) is 10.5 Å². The Bertz CT molecular complexity index is 527. The minimum absolute atomic E-state index is 0.198. The van der Waals surface area contributed by atoms with Gasteiger partial charge >= 0.3 is 6.09 Å². The topological polar surface area (TPSA) is 29.5 Å². The molecule has 92 valence electrons. The lowest BCUT2D eigenvalue weighted by molar-refractivity contribution is 0.159. The van der Waals surface area contributed by atoms with Crippen molar-refractivity contribution < 1.29 is 9.53 Å². The van der Waals surface area contributed by atoms with Crippen molar-refractivity contribution in [3.05, 3.63) is 54.3 Å². The molecule has 0 spiro atoms. The molecule has 1 unspecified atom stereocenters. The largest absolute Gasteiger partial charge is 0.449 e. The Balaban J connectivity index is 2.44. The molecule has 0 aliphatic carbocycles. The van der Waals surface area contributed by atoms with Gasteiger partial charge in [-0.05, 0) is 24.6 Å². The van der Waals surface area contributed by atoms with Crippen LogP contribution in [0.2, 0.25) is 0 Å². The minimum Gasteiger partial charge on any atom is -0.449 e. The zero-order valence-electron chi connectivity index (χ0n) is 10.3. The summed E-state index contributed by atoms with van der Waals surface area (Å²) in [6.07, 6.45) is 5.30. The smallest absolute Gasteiger partial charge is 0.415 e. The molecule has 18 heavy (non-hydrogen) atoms. The number of rotatable bonds is 2. The summed E-state index contributed by atoms with van der Waals surface area (Å²) in [5, 5.41) is 0. The monoisotopic (exact) mass is 241 g/mol. The van der Waals surface area contributed by atoms with E-state index >= 15 is 0 Å². The normalized spacial score (nSPS) is 16.7. The van der Waals surface area contributed by atoms with Gasteiger partial charge in [-0.25, -0.2) is 4.79 Å². The molecule has 0 aromatic heterocycles. The zero-order chi connectivity index (χ0) is 13.0. The molecule has 1 atom stereocenters. The first-order valence-corrected chi connectivity index (χ1v) is 5.87. The molecule has 0 fully saturated rings. The first kappa shape index (κ1) is 12.2. The molecule has 1 heterocycles. The predicted octanol–water partition coefficient (Wildman–Crippen LogP) is 3.39. The summed E-state index contributed by atoms with van der Waals surface area (Å²) >= 11 is 0. The van der Waals surface area contributed by atoms with E-state index < -0.39 is 0 Å². The van der Waals surface area contributed by atoms with Crippen molar-refractivity contribution in [2.45, 2.75) is 13.0 Å². The highest BCUT2D eigenvalue weighted by Gasteiger charge is 2.27. The summed E-state index contributed by atoms with van der Waals surface area (Å²) in [5.74, 6) is 0. The van der Waals surface area contributed by atoms with Gasteiger partial charge in [-0.1, -0.05) is 36.9 Å². The van der Waals surface area contributed by atoms with E-state index in [1.807, 2.05) is 36.4 Å². The van der Waals surface area contributed by atoms with E-state index in [2.05, 4.69) is 12.3 Å². The molecule has 1 aromatic rings. The maximum atomic E-state index is 12.0. The number of carbonyl (C=O) groups is 1. The van der Waals surface area contributed by atoms with Crippen LogP contribution in [0.25, 0.3) is 6.08 Å². The lowest BCUT2D eigenvalue weighted by Crippen LogP contribution is -2.40. The lowest BCUT2D eigenvalue weighted by Gasteiger charge is -2.30. The molecule has 3 heteroatoms. The van der Waals surface area contributed by atoms with E-state index in [1.165, 1.54) is 0 Å². The van der Waals surface area contributed by atoms with E-state index in [0.717, 1.165) is 11.3 Å². The third-order valence-electron chi connectivity index (χ3n) is 2.72. The van der Waals surface area contributed by atoms with Crippen LogP contribution in [0.1, 0.15) is 12.5 Å². The number of hydrogen-bond donors (Lipinski definition) is 0. The van der Waals surface area contributed by atoms with Crippen LogP contribution in [0.3, 0.4) is 0 Å². The fraction of sp³-hybridized carbons (Fsp3) is 0.200. The first-order valence-electron chi connectivity index (χ1n) is 5.87. The van der Waals surface area contributed by atoms with E-state index in [4.69, 9.17) is 4.74 Å². The zero-order valence-corrected chi connectivity index (χ0v) is 10.3. The number of ether oxygens (including phenoxy) is 1. The Kier molecular flexibility index (Phi) is 3.66. The van der Waals surface area contributed by atoms with Crippen molar-refractivity contribution in [1.29, 1.82) is 0 Å². The van der Waals surface area contributed by atoms with Gasteiger partial charge in [-0.15, -0.1) is 5.73 Å². The summed E-state index contributed by atoms with van der Waals surface area (Å²) in [6, 6.07) is 7.51. The Morgan fingerprint density at radius 3 is 3.06 bits per heavy atom. The maximum absolute atomic E-state index is 12.0. The van der Waals surface area contributed by atoms with Gasteiger partial charge in [0.05, 0.1) is 18.3 Å². The second-order valence-corrected chi connectivity index (χ2v) is 3.85. The van der Waals surface area contributed by atoms with Crippen molar-refractivity contribution in [1.82, 2.24) is 0 Å². The van der Waals surface area contributed by atoms with E-state index in [9.17, 15) is 4.79 Å². The Morgan fingerprint density at radius 1 is 1.56 bits per heavy atom. The van der Waals surface area contributed by atoms with Crippen molar-refractivity contribution in [3.63, 3.8) is 0 Å². The Morgan fingerprint density at radius 2 is 2.33 bits per heavy atom. The minimum atomic E-state index is -0.356. The molecule has 1 aliphatic rings. The first-order chi connectivity index (χ1) is 8.77. The highest BCUT2D eigenvalue weighted by atomic mass is 16.6. The average molecular weight is 241 g/mol. The SMILES string of the molecule is C=C=CC1C=Cc2ccccc2N1C(=O)OCC. The molecular weight excluding hydrogens is 226 g/mol. The number of anilines is 1. The van der Waals surface area contributed by atoms with Crippen LogP contribution in [-0.2, 0) is 4.74 Å². The summed E-state index contributed by atoms with van der Waals surface area (Å²) in [5.41, 5.74) is 4.56. The van der Waals surface area contributed by atoms with Crippen LogP contribution in [0.5, 0.6) is 0 Å². The number of benzene rings is 1. The van der Waals surface area contributed by atoms with Crippen LogP contribution in [0, 0.1) is 0 Å². The summed E-state index contributed by atoms with van der Waals surface area (Å²) in [7, 11) is 0. The standard InChI is InChI=1S/C15H15NO2/c1-3-7-13-11-10-12-8-5-6-9-14(12)16(13)15(17)18-4-2/h5-11,13H,1,4H2,2H3. The van der Waals surface area contributed by atoms with Gasteiger partial charge in [0.2, 0.25) is 0 Å². The number of hydrogen-bond acceptors (Lipinski definition) is 2. The molecule has 1 amide bonds. The van der Waals surface area contributed by atoms with Gasteiger partial charge in [0.25, 0.3) is 0 Å². The van der Waals surface area contributed by atoms with Gasteiger partial charge in [-0.3, -0.25) is 4.90 Å². The fourth-order valence-electron chi connectivity index (χ4n) is 1.96. The van der Waals surface area contributed by atoms with Crippen LogP contribution in [-0.4, -0.2) is 18.7 Å². The summed E-state index contributed by atoms with van der Waals surface area (Å²) < 4.78 is 5.10. The van der Waals surface area contributed by atoms with E-state index in [1.54, 1.807) is 17.9 Å². The second kappa shape index (κ2) is 5.39. The van der Waals surface area contributed by atoms with Gasteiger partial charge in [0.15, 0.2) is 0 Å². The second-order valence-electron chi connectivity index (χ2n) is 3.85. The maximum Gasteiger partial charge on any atom is 0.415 e. The van der Waals surface area contributed by atoms with Crippen molar-refractivity contribution in [2.75, 3.05) is 11.5 Å². The number of para-hydroxylation sites is 1. The molecule has 0 bridgehead atoms. The molecule has 3 nitrogen and oxygen atoms in total. The van der Waals surface area contributed by atoms with E-state index in [0.29, 0.717) is 6.61 Å². The predicted molar refractivity (Wildman–Crippen MR) is 72.5 cm³/mol. The van der Waals surface area contributed by atoms with Gasteiger partial charge < -0.3 is 4.74 Å². The van der Waals surface area contributed by atoms with Crippen molar-refractivity contribution in [2.24, 2.45) is 0 Å². The number of fused-ring (bicyclic) bond motifs is 1. The van der Waals surface area contributed by atoms with Crippen LogP contribution >= 0.6 is 0 Å². The molecule has 0 saturated heterocycles. The van der Waals surface area contributed by atoms with Crippen molar-refractivity contribution in [3.8, 4) is 0 Å². The molecular formula is C15H15NO2. The van der Waals surface area contributed by atoms with Crippen LogP contribution in [0.15, 0.2) is 48.7 Å². The third kappa shape index (κ3) is 2.22. The van der Waals surface area contributed by atoms with Gasteiger partial charge in [0.1, 0.15) is 0 Å². The van der Waals surface area contributed by atoms with Gasteiger partial charge in [-0.2, -0.15) is 0 Å². The molecule has 0 radical (unpaired) electrons.